The van der Waals surface area contributed by atoms with Crippen molar-refractivity contribution in [1.82, 2.24) is 0 Å². The van der Waals surface area contributed by atoms with Gasteiger partial charge >= 0.3 is 5.97 Å². The van der Waals surface area contributed by atoms with E-state index in [2.05, 4.69) is 0 Å². The van der Waals surface area contributed by atoms with E-state index in [1.165, 1.54) is 25.7 Å². The van der Waals surface area contributed by atoms with Gasteiger partial charge in [0.1, 0.15) is 0 Å². The molecule has 0 unspecified atom stereocenters. The van der Waals surface area contributed by atoms with Gasteiger partial charge in [0.2, 0.25) is 0 Å². The van der Waals surface area contributed by atoms with E-state index >= 15 is 0 Å². The van der Waals surface area contributed by atoms with Crippen molar-refractivity contribution in [2.75, 3.05) is 6.61 Å². The minimum Gasteiger partial charge on any atom is -0.481 e. The topological polar surface area (TPSA) is 80.7 Å². The number of hydrogen-bond donors (Lipinski definition) is 1. The smallest absolute Gasteiger partial charge is 0.303 e. The van der Waals surface area contributed by atoms with Gasteiger partial charge in [0.15, 0.2) is 0 Å². The van der Waals surface area contributed by atoms with Gasteiger partial charge in [0.25, 0.3) is 10.1 Å². The molecule has 25 heavy (non-hydrogen) atoms. The number of hydrogen-bond acceptors (Lipinski definition) is 4. The molecule has 6 heteroatoms. The van der Waals surface area contributed by atoms with Gasteiger partial charge in [0.05, 0.1) is 11.5 Å². The van der Waals surface area contributed by atoms with Gasteiger partial charge in [-0.05, 0) is 50.2 Å². The van der Waals surface area contributed by atoms with Crippen LogP contribution in [0.15, 0.2) is 29.2 Å². The monoisotopic (exact) mass is 368 g/mol. The molecular formula is C19H28O5S. The average molecular weight is 368 g/mol. The lowest BCUT2D eigenvalue weighted by Gasteiger charge is -2.24. The van der Waals surface area contributed by atoms with E-state index in [0.29, 0.717) is 24.9 Å². The second-order valence-electron chi connectivity index (χ2n) is 7.07. The summed E-state index contributed by atoms with van der Waals surface area (Å²) in [6, 6.07) is 6.74. The summed E-state index contributed by atoms with van der Waals surface area (Å²) < 4.78 is 28.7. The Labute approximate surface area is 150 Å². The fraction of sp³-hybridized carbons (Fsp3) is 0.632. The van der Waals surface area contributed by atoms with Gasteiger partial charge in [-0.2, -0.15) is 8.42 Å². The Balaban J connectivity index is 0.000000236. The van der Waals surface area contributed by atoms with Crippen LogP contribution in [-0.4, -0.2) is 26.1 Å². The summed E-state index contributed by atoms with van der Waals surface area (Å²) in [7, 11) is -3.56. The summed E-state index contributed by atoms with van der Waals surface area (Å²) in [5.74, 6) is 0.533. The first-order valence-corrected chi connectivity index (χ1v) is 10.5. The first-order valence-electron chi connectivity index (χ1n) is 9.04. The van der Waals surface area contributed by atoms with Crippen molar-refractivity contribution in [3.8, 4) is 0 Å². The summed E-state index contributed by atoms with van der Waals surface area (Å²) in [6.45, 7) is 2.23. The van der Waals surface area contributed by atoms with Gasteiger partial charge in [-0.3, -0.25) is 8.98 Å². The number of aliphatic carboxylic acids is 1. The molecule has 3 rings (SSSR count). The third-order valence-corrected chi connectivity index (χ3v) is 6.31. The SMILES string of the molecule is Cc1ccc(S(=O)(=O)OCCC2CCC2)cc1.O=C(O)CC1CCC1. The Morgan fingerprint density at radius 3 is 2.04 bits per heavy atom. The summed E-state index contributed by atoms with van der Waals surface area (Å²) in [5.41, 5.74) is 1.04. The number of carboxylic acid groups (broad SMARTS) is 1. The van der Waals surface area contributed by atoms with E-state index in [1.54, 1.807) is 24.3 Å². The first-order chi connectivity index (χ1) is 11.9. The number of benzene rings is 1. The molecule has 2 aliphatic rings. The van der Waals surface area contributed by atoms with Gasteiger partial charge in [0, 0.05) is 6.42 Å². The van der Waals surface area contributed by atoms with Crippen LogP contribution in [-0.2, 0) is 19.1 Å². The molecule has 0 radical (unpaired) electrons. The van der Waals surface area contributed by atoms with E-state index in [4.69, 9.17) is 9.29 Å². The van der Waals surface area contributed by atoms with Crippen molar-refractivity contribution in [3.63, 3.8) is 0 Å². The van der Waals surface area contributed by atoms with Crippen LogP contribution in [0.1, 0.15) is 56.9 Å². The van der Waals surface area contributed by atoms with Crippen molar-refractivity contribution in [2.24, 2.45) is 11.8 Å². The lowest BCUT2D eigenvalue weighted by atomic mass is 9.83. The molecule has 0 saturated heterocycles. The Kier molecular flexibility index (Phi) is 7.44. The second kappa shape index (κ2) is 9.34. The minimum atomic E-state index is -3.56. The summed E-state index contributed by atoms with van der Waals surface area (Å²) in [5, 5.41) is 8.25. The summed E-state index contributed by atoms with van der Waals surface area (Å²) in [6.07, 6.45) is 8.44. The largest absolute Gasteiger partial charge is 0.481 e. The average Bonchev–Trinajstić information content (AvgIpc) is 2.47. The fourth-order valence-electron chi connectivity index (χ4n) is 2.82. The van der Waals surface area contributed by atoms with E-state index in [-0.39, 0.29) is 4.90 Å². The van der Waals surface area contributed by atoms with Gasteiger partial charge in [-0.25, -0.2) is 0 Å². The van der Waals surface area contributed by atoms with Crippen LogP contribution >= 0.6 is 0 Å². The highest BCUT2D eigenvalue weighted by molar-refractivity contribution is 7.86. The molecule has 2 fully saturated rings. The molecule has 0 atom stereocenters. The van der Waals surface area contributed by atoms with Crippen molar-refractivity contribution in [1.29, 1.82) is 0 Å². The molecule has 2 aliphatic carbocycles. The highest BCUT2D eigenvalue weighted by Gasteiger charge is 2.20. The van der Waals surface area contributed by atoms with Crippen LogP contribution in [0.3, 0.4) is 0 Å². The maximum Gasteiger partial charge on any atom is 0.303 e. The zero-order valence-electron chi connectivity index (χ0n) is 14.8. The van der Waals surface area contributed by atoms with Crippen LogP contribution < -0.4 is 0 Å². The fourth-order valence-corrected chi connectivity index (χ4v) is 3.74. The molecule has 0 amide bonds. The molecule has 1 aromatic rings. The molecule has 0 spiro atoms. The molecule has 5 nitrogen and oxygen atoms in total. The van der Waals surface area contributed by atoms with Gasteiger partial charge < -0.3 is 5.11 Å². The molecule has 1 aromatic carbocycles. The molecule has 0 heterocycles. The normalized spacial score (nSPS) is 17.8. The van der Waals surface area contributed by atoms with E-state index in [9.17, 15) is 13.2 Å². The highest BCUT2D eigenvalue weighted by atomic mass is 32.2. The molecule has 2 saturated carbocycles. The number of carbonyl (C=O) groups is 1. The number of aryl methyl sites for hydroxylation is 1. The van der Waals surface area contributed by atoms with E-state index < -0.39 is 16.1 Å². The molecule has 1 N–H and O–H groups in total. The van der Waals surface area contributed by atoms with Crippen LogP contribution in [0.2, 0.25) is 0 Å². The van der Waals surface area contributed by atoms with Crippen LogP contribution in [0, 0.1) is 18.8 Å². The second-order valence-corrected chi connectivity index (χ2v) is 8.68. The van der Waals surface area contributed by atoms with Crippen molar-refractivity contribution in [3.05, 3.63) is 29.8 Å². The van der Waals surface area contributed by atoms with Crippen LogP contribution in [0.4, 0.5) is 0 Å². The van der Waals surface area contributed by atoms with Crippen LogP contribution in [0.5, 0.6) is 0 Å². The number of rotatable bonds is 7. The molecule has 0 bridgehead atoms. The molecule has 0 aliphatic heterocycles. The summed E-state index contributed by atoms with van der Waals surface area (Å²) >= 11 is 0. The van der Waals surface area contributed by atoms with Crippen molar-refractivity contribution in [2.45, 2.75) is 63.2 Å². The van der Waals surface area contributed by atoms with Crippen LogP contribution in [0.25, 0.3) is 0 Å². The molecular weight excluding hydrogens is 340 g/mol. The highest BCUT2D eigenvalue weighted by Crippen LogP contribution is 2.30. The maximum atomic E-state index is 11.8. The Bertz CT molecular complexity index is 643. The maximum absolute atomic E-state index is 11.8. The third kappa shape index (κ3) is 6.78. The van der Waals surface area contributed by atoms with E-state index in [1.807, 2.05) is 6.92 Å². The van der Waals surface area contributed by atoms with Crippen molar-refractivity contribution < 1.29 is 22.5 Å². The zero-order chi connectivity index (χ0) is 18.3. The number of carboxylic acids is 1. The Morgan fingerprint density at radius 1 is 1.08 bits per heavy atom. The third-order valence-electron chi connectivity index (χ3n) is 4.99. The van der Waals surface area contributed by atoms with Gasteiger partial charge in [-0.1, -0.05) is 43.4 Å². The summed E-state index contributed by atoms with van der Waals surface area (Å²) in [4.78, 5) is 10.2. The predicted molar refractivity (Wildman–Crippen MR) is 95.9 cm³/mol. The van der Waals surface area contributed by atoms with Crippen molar-refractivity contribution >= 4 is 16.1 Å². The zero-order valence-corrected chi connectivity index (χ0v) is 15.6. The molecule has 0 aromatic heterocycles. The predicted octanol–water partition coefficient (Wildman–Crippen LogP) is 4.15. The van der Waals surface area contributed by atoms with E-state index in [0.717, 1.165) is 24.8 Å². The quantitative estimate of drug-likeness (QED) is 0.731. The standard InChI is InChI=1S/C13H18O3S.C6H10O2/c1-11-5-7-13(8-6-11)17(14,15)16-10-9-12-3-2-4-12;7-6(8)4-5-2-1-3-5/h5-8,12H,2-4,9-10H2,1H3;5H,1-4H2,(H,7,8). The lowest BCUT2D eigenvalue weighted by molar-refractivity contribution is -0.138. The first kappa shape index (κ1) is 19.9. The molecule has 140 valence electrons. The lowest BCUT2D eigenvalue weighted by Crippen LogP contribution is -2.15. The van der Waals surface area contributed by atoms with Gasteiger partial charge in [-0.15, -0.1) is 0 Å². The Hall–Kier alpha value is -1.40. The minimum absolute atomic E-state index is 0.247. The Morgan fingerprint density at radius 2 is 1.64 bits per heavy atom.